The molecule has 0 spiro atoms. The summed E-state index contributed by atoms with van der Waals surface area (Å²) < 4.78 is 11.1. The zero-order valence-electron chi connectivity index (χ0n) is 18.2. The zero-order chi connectivity index (χ0) is 23.9. The quantitative estimate of drug-likeness (QED) is 0.400. The fraction of sp³-hybridized carbons (Fsp3) is 0.435. The van der Waals surface area contributed by atoms with Crippen molar-refractivity contribution in [1.82, 2.24) is 5.32 Å². The minimum absolute atomic E-state index is 0.00729. The number of halogens is 3. The normalized spacial score (nSPS) is 13.4. The van der Waals surface area contributed by atoms with E-state index < -0.39 is 17.6 Å². The maximum Gasteiger partial charge on any atom is 0.216 e. The van der Waals surface area contributed by atoms with Gasteiger partial charge in [0.15, 0.2) is 5.75 Å². The van der Waals surface area contributed by atoms with E-state index in [1.807, 2.05) is 38.1 Å². The van der Waals surface area contributed by atoms with Gasteiger partial charge in [-0.1, -0.05) is 49.2 Å². The molecule has 0 fully saturated rings. The molecule has 0 aliphatic heterocycles. The van der Waals surface area contributed by atoms with Crippen molar-refractivity contribution < 1.29 is 24.5 Å². The van der Waals surface area contributed by atoms with Crippen LogP contribution in [0.2, 0.25) is 10.0 Å². The van der Waals surface area contributed by atoms with Crippen molar-refractivity contribution in [2.75, 3.05) is 25.6 Å². The van der Waals surface area contributed by atoms with E-state index in [1.165, 1.54) is 6.92 Å². The lowest BCUT2D eigenvalue weighted by Gasteiger charge is -2.27. The number of aliphatic hydroxyl groups excluding tert-OH is 2. The number of aliphatic hydroxyl groups is 2. The van der Waals surface area contributed by atoms with Crippen LogP contribution in [-0.2, 0) is 10.2 Å². The third-order valence-electron chi connectivity index (χ3n) is 4.92. The first kappa shape index (κ1) is 26.6. The second-order valence-corrected chi connectivity index (χ2v) is 9.06. The number of rotatable bonds is 11. The number of benzene rings is 2. The Hall–Kier alpha value is -1.70. The topological polar surface area (TPSA) is 88.0 Å². The van der Waals surface area contributed by atoms with E-state index in [1.54, 1.807) is 12.1 Å². The molecule has 0 aliphatic rings. The third-order valence-corrected chi connectivity index (χ3v) is 5.84. The molecule has 2 atom stereocenters. The summed E-state index contributed by atoms with van der Waals surface area (Å²) >= 11 is 18.4. The van der Waals surface area contributed by atoms with E-state index >= 15 is 0 Å². The monoisotopic (exact) mass is 503 g/mol. The Morgan fingerprint density at radius 1 is 1.00 bits per heavy atom. The smallest absolute Gasteiger partial charge is 0.216 e. The molecule has 176 valence electrons. The molecule has 0 bridgehead atoms. The first-order valence-electron chi connectivity index (χ1n) is 10.1. The van der Waals surface area contributed by atoms with Gasteiger partial charge >= 0.3 is 0 Å². The summed E-state index contributed by atoms with van der Waals surface area (Å²) in [6, 6.07) is 11.1. The molecule has 0 aromatic heterocycles. The molecule has 2 aromatic carbocycles. The highest BCUT2D eigenvalue weighted by molar-refractivity contribution is 6.37. The van der Waals surface area contributed by atoms with Crippen molar-refractivity contribution in [3.05, 3.63) is 57.6 Å². The lowest BCUT2D eigenvalue weighted by atomic mass is 9.78. The molecular weight excluding hydrogens is 477 g/mol. The van der Waals surface area contributed by atoms with Crippen molar-refractivity contribution in [3.8, 4) is 11.5 Å². The van der Waals surface area contributed by atoms with Crippen molar-refractivity contribution in [2.24, 2.45) is 0 Å². The Labute approximate surface area is 203 Å². The number of amides is 1. The van der Waals surface area contributed by atoms with Gasteiger partial charge in [0.05, 0.1) is 15.9 Å². The van der Waals surface area contributed by atoms with E-state index in [4.69, 9.17) is 44.3 Å². The number of hydrogen-bond donors (Lipinski definition) is 3. The van der Waals surface area contributed by atoms with Crippen LogP contribution in [-0.4, -0.2) is 54.0 Å². The van der Waals surface area contributed by atoms with Crippen LogP contribution in [0.15, 0.2) is 36.4 Å². The van der Waals surface area contributed by atoms with Crippen LogP contribution in [0.5, 0.6) is 11.5 Å². The minimum Gasteiger partial charge on any atom is -0.491 e. The maximum atomic E-state index is 10.9. The predicted octanol–water partition coefficient (Wildman–Crippen LogP) is 4.17. The number of carbonyl (C=O) groups excluding carboxylic acids is 1. The summed E-state index contributed by atoms with van der Waals surface area (Å²) in [5.74, 6) is 0.750. The highest BCUT2D eigenvalue weighted by Crippen LogP contribution is 2.40. The van der Waals surface area contributed by atoms with Gasteiger partial charge in [-0.25, -0.2) is 0 Å². The lowest BCUT2D eigenvalue weighted by Crippen LogP contribution is -2.33. The van der Waals surface area contributed by atoms with Gasteiger partial charge < -0.3 is 25.0 Å². The number of ether oxygens (including phenoxy) is 2. The van der Waals surface area contributed by atoms with Gasteiger partial charge in [-0.3, -0.25) is 4.79 Å². The minimum atomic E-state index is -0.813. The van der Waals surface area contributed by atoms with Gasteiger partial charge in [-0.15, -0.1) is 11.6 Å². The van der Waals surface area contributed by atoms with Gasteiger partial charge in [-0.05, 0) is 35.4 Å². The number of carbonyl (C=O) groups is 1. The fourth-order valence-corrected chi connectivity index (χ4v) is 3.62. The number of hydrogen-bond acceptors (Lipinski definition) is 5. The van der Waals surface area contributed by atoms with Crippen molar-refractivity contribution >= 4 is 40.7 Å². The molecule has 0 radical (unpaired) electrons. The molecule has 2 unspecified atom stereocenters. The molecule has 3 N–H and O–H groups in total. The molecule has 6 nitrogen and oxygen atoms in total. The number of nitrogens with one attached hydrogen (secondary N) is 1. The van der Waals surface area contributed by atoms with Crippen molar-refractivity contribution in [2.45, 2.75) is 38.4 Å². The predicted molar refractivity (Wildman–Crippen MR) is 127 cm³/mol. The van der Waals surface area contributed by atoms with Gasteiger partial charge in [-0.2, -0.15) is 0 Å². The van der Waals surface area contributed by atoms with Crippen molar-refractivity contribution in [3.63, 3.8) is 0 Å². The Bertz CT molecular complexity index is 882. The van der Waals surface area contributed by atoms with Crippen LogP contribution in [0.1, 0.15) is 31.9 Å². The van der Waals surface area contributed by atoms with Gasteiger partial charge in [0, 0.05) is 18.9 Å². The Morgan fingerprint density at radius 2 is 1.56 bits per heavy atom. The summed E-state index contributed by atoms with van der Waals surface area (Å²) in [7, 11) is 0. The van der Waals surface area contributed by atoms with Crippen LogP contribution in [0.3, 0.4) is 0 Å². The SMILES string of the molecule is CC(=O)NCC(O)COc1ccc(C(C)(C)c2cc(Cl)c(OCC(O)CCl)c(Cl)c2)cc1. The summed E-state index contributed by atoms with van der Waals surface area (Å²) in [5, 5.41) is 22.7. The standard InChI is InChI=1S/C23H28Cl3NO5/c1-14(28)27-11-18(30)13-31-19-6-4-15(5-7-19)23(2,3)16-8-20(25)22(21(26)9-16)32-12-17(29)10-24/h4-9,17-18,29-30H,10-13H2,1-3H3,(H,27,28). The van der Waals surface area contributed by atoms with E-state index in [-0.39, 0.29) is 31.5 Å². The maximum absolute atomic E-state index is 10.9. The summed E-state index contributed by atoms with van der Waals surface area (Å²) in [5.41, 5.74) is 1.46. The summed E-state index contributed by atoms with van der Waals surface area (Å²) in [6.07, 6.45) is -1.61. The first-order chi connectivity index (χ1) is 15.0. The zero-order valence-corrected chi connectivity index (χ0v) is 20.5. The van der Waals surface area contributed by atoms with Gasteiger partial charge in [0.25, 0.3) is 0 Å². The van der Waals surface area contributed by atoms with E-state index in [2.05, 4.69) is 5.32 Å². The third kappa shape index (κ3) is 7.42. The first-order valence-corrected chi connectivity index (χ1v) is 11.4. The molecule has 32 heavy (non-hydrogen) atoms. The molecule has 0 saturated heterocycles. The Morgan fingerprint density at radius 3 is 2.09 bits per heavy atom. The van der Waals surface area contributed by atoms with Crippen LogP contribution < -0.4 is 14.8 Å². The highest BCUT2D eigenvalue weighted by Gasteiger charge is 2.26. The second-order valence-electron chi connectivity index (χ2n) is 7.94. The van der Waals surface area contributed by atoms with E-state index in [0.29, 0.717) is 21.5 Å². The summed E-state index contributed by atoms with van der Waals surface area (Å²) in [6.45, 7) is 5.66. The summed E-state index contributed by atoms with van der Waals surface area (Å²) in [4.78, 5) is 10.9. The van der Waals surface area contributed by atoms with Crippen molar-refractivity contribution in [1.29, 1.82) is 0 Å². The molecule has 0 saturated carbocycles. The molecule has 1 amide bonds. The van der Waals surface area contributed by atoms with Crippen LogP contribution >= 0.6 is 34.8 Å². The molecule has 2 rings (SSSR count). The molecule has 2 aromatic rings. The molecular formula is C23H28Cl3NO5. The second kappa shape index (κ2) is 12.0. The van der Waals surface area contributed by atoms with Gasteiger partial charge in [0.2, 0.25) is 5.91 Å². The fourth-order valence-electron chi connectivity index (χ4n) is 2.93. The Kier molecular flexibility index (Phi) is 9.92. The van der Waals surface area contributed by atoms with E-state index in [0.717, 1.165) is 11.1 Å². The average molecular weight is 505 g/mol. The van der Waals surface area contributed by atoms with Gasteiger partial charge in [0.1, 0.15) is 31.2 Å². The van der Waals surface area contributed by atoms with E-state index in [9.17, 15) is 15.0 Å². The lowest BCUT2D eigenvalue weighted by molar-refractivity contribution is -0.119. The average Bonchev–Trinajstić information content (AvgIpc) is 2.75. The molecule has 9 heteroatoms. The Balaban J connectivity index is 2.10. The van der Waals surface area contributed by atoms with Crippen LogP contribution in [0, 0.1) is 0 Å². The largest absolute Gasteiger partial charge is 0.491 e. The molecule has 0 aliphatic carbocycles. The molecule has 0 heterocycles. The number of alkyl halides is 1. The van der Waals surface area contributed by atoms with Crippen LogP contribution in [0.4, 0.5) is 0 Å². The highest BCUT2D eigenvalue weighted by atomic mass is 35.5. The van der Waals surface area contributed by atoms with Crippen LogP contribution in [0.25, 0.3) is 0 Å².